The van der Waals surface area contributed by atoms with Crippen LogP contribution in [0.2, 0.25) is 0 Å². The number of halogens is 1. The van der Waals surface area contributed by atoms with Crippen LogP contribution in [0.4, 0.5) is 5.69 Å². The molecule has 1 aliphatic rings. The highest BCUT2D eigenvalue weighted by Crippen LogP contribution is 2.29. The molecule has 1 fully saturated rings. The van der Waals surface area contributed by atoms with Gasteiger partial charge in [-0.05, 0) is 43.5 Å². The first-order chi connectivity index (χ1) is 8.22. The molecule has 1 aromatic carbocycles. The lowest BCUT2D eigenvalue weighted by molar-refractivity contribution is 0.614. The van der Waals surface area contributed by atoms with E-state index in [2.05, 4.69) is 46.0 Å². The zero-order valence-electron chi connectivity index (χ0n) is 10.5. The molecule has 0 amide bonds. The summed E-state index contributed by atoms with van der Waals surface area (Å²) in [6, 6.07) is 7.09. The van der Waals surface area contributed by atoms with Crippen molar-refractivity contribution in [1.82, 2.24) is 0 Å². The Kier molecular flexibility index (Phi) is 4.46. The fraction of sp³-hybridized carbons (Fsp3) is 0.571. The summed E-state index contributed by atoms with van der Waals surface area (Å²) in [5, 5.41) is 0. The average molecular weight is 297 g/mol. The maximum Gasteiger partial charge on any atom is 0.0414 e. The Bertz CT molecular complexity index is 378. The van der Waals surface area contributed by atoms with E-state index in [4.69, 9.17) is 5.73 Å². The van der Waals surface area contributed by atoms with Crippen molar-refractivity contribution >= 4 is 21.6 Å². The molecule has 0 spiro atoms. The summed E-state index contributed by atoms with van der Waals surface area (Å²) in [5.74, 6) is 0. The summed E-state index contributed by atoms with van der Waals surface area (Å²) in [6.45, 7) is 4.10. The monoisotopic (exact) mass is 296 g/mol. The molecule has 0 aromatic heterocycles. The highest BCUT2D eigenvalue weighted by Gasteiger charge is 2.19. The van der Waals surface area contributed by atoms with E-state index < -0.39 is 0 Å². The summed E-state index contributed by atoms with van der Waals surface area (Å²) in [7, 11) is 0. The van der Waals surface area contributed by atoms with Crippen molar-refractivity contribution in [3.05, 3.63) is 28.2 Å². The van der Waals surface area contributed by atoms with Gasteiger partial charge in [-0.3, -0.25) is 0 Å². The van der Waals surface area contributed by atoms with Gasteiger partial charge in [0.15, 0.2) is 0 Å². The van der Waals surface area contributed by atoms with Crippen LogP contribution in [0.15, 0.2) is 22.7 Å². The van der Waals surface area contributed by atoms with E-state index in [1.54, 1.807) is 0 Å². The van der Waals surface area contributed by atoms with Gasteiger partial charge in [0.1, 0.15) is 0 Å². The van der Waals surface area contributed by atoms with Crippen LogP contribution in [-0.4, -0.2) is 12.6 Å². The number of nitrogens with zero attached hydrogens (tertiary/aromatic N) is 1. The summed E-state index contributed by atoms with van der Waals surface area (Å²) < 4.78 is 1.11. The van der Waals surface area contributed by atoms with E-state index in [1.165, 1.54) is 36.9 Å². The zero-order valence-corrected chi connectivity index (χ0v) is 12.0. The summed E-state index contributed by atoms with van der Waals surface area (Å²) in [6.07, 6.45) is 5.30. The second kappa shape index (κ2) is 5.87. The number of rotatable bonds is 2. The van der Waals surface area contributed by atoms with E-state index in [0.29, 0.717) is 12.6 Å². The lowest BCUT2D eigenvalue weighted by atomic mass is 10.1. The molecule has 3 heteroatoms. The van der Waals surface area contributed by atoms with E-state index in [0.717, 1.165) is 11.0 Å². The molecule has 17 heavy (non-hydrogen) atoms. The van der Waals surface area contributed by atoms with Crippen molar-refractivity contribution in [2.75, 3.05) is 11.4 Å². The molecule has 1 atom stereocenters. The quantitative estimate of drug-likeness (QED) is 0.902. The Labute approximate surface area is 112 Å². The molecule has 94 valence electrons. The smallest absolute Gasteiger partial charge is 0.0414 e. The molecule has 0 radical (unpaired) electrons. The third-order valence-corrected chi connectivity index (χ3v) is 4.12. The van der Waals surface area contributed by atoms with Crippen molar-refractivity contribution in [3.63, 3.8) is 0 Å². The summed E-state index contributed by atoms with van der Waals surface area (Å²) in [5.41, 5.74) is 8.43. The van der Waals surface area contributed by atoms with Crippen molar-refractivity contribution in [2.24, 2.45) is 5.73 Å². The first kappa shape index (κ1) is 12.9. The summed E-state index contributed by atoms with van der Waals surface area (Å²) in [4.78, 5) is 2.53. The predicted octanol–water partition coefficient (Wildman–Crippen LogP) is 3.68. The van der Waals surface area contributed by atoms with E-state index in [-0.39, 0.29) is 0 Å². The van der Waals surface area contributed by atoms with Gasteiger partial charge in [0, 0.05) is 29.3 Å². The minimum atomic E-state index is 0.609. The number of hydrogen-bond donors (Lipinski definition) is 1. The fourth-order valence-electron chi connectivity index (χ4n) is 2.63. The third-order valence-electron chi connectivity index (χ3n) is 3.62. The molecule has 1 unspecified atom stereocenters. The van der Waals surface area contributed by atoms with Gasteiger partial charge < -0.3 is 10.6 Å². The molecular formula is C14H21BrN2. The molecule has 1 heterocycles. The molecular weight excluding hydrogens is 276 g/mol. The predicted molar refractivity (Wildman–Crippen MR) is 77.3 cm³/mol. The van der Waals surface area contributed by atoms with E-state index in [1.807, 2.05) is 0 Å². The van der Waals surface area contributed by atoms with Crippen LogP contribution in [0.3, 0.4) is 0 Å². The van der Waals surface area contributed by atoms with Crippen molar-refractivity contribution in [3.8, 4) is 0 Å². The van der Waals surface area contributed by atoms with Crippen LogP contribution in [-0.2, 0) is 6.54 Å². The molecule has 1 saturated heterocycles. The first-order valence-electron chi connectivity index (χ1n) is 6.47. The Hall–Kier alpha value is -0.540. The molecule has 2 rings (SSSR count). The molecule has 2 N–H and O–H groups in total. The number of benzene rings is 1. The van der Waals surface area contributed by atoms with Gasteiger partial charge in [-0.15, -0.1) is 0 Å². The third kappa shape index (κ3) is 3.02. The van der Waals surface area contributed by atoms with Gasteiger partial charge in [0.05, 0.1) is 0 Å². The van der Waals surface area contributed by atoms with E-state index >= 15 is 0 Å². The van der Waals surface area contributed by atoms with E-state index in [9.17, 15) is 0 Å². The highest BCUT2D eigenvalue weighted by molar-refractivity contribution is 9.10. The number of hydrogen-bond acceptors (Lipinski definition) is 2. The normalized spacial score (nSPS) is 21.4. The second-order valence-electron chi connectivity index (χ2n) is 4.87. The van der Waals surface area contributed by atoms with Gasteiger partial charge in [0.2, 0.25) is 0 Å². The Balaban J connectivity index is 2.30. The Morgan fingerprint density at radius 1 is 1.35 bits per heavy atom. The van der Waals surface area contributed by atoms with Crippen molar-refractivity contribution in [1.29, 1.82) is 0 Å². The topological polar surface area (TPSA) is 29.3 Å². The lowest BCUT2D eigenvalue weighted by Gasteiger charge is -2.31. The largest absolute Gasteiger partial charge is 0.369 e. The lowest BCUT2D eigenvalue weighted by Crippen LogP contribution is -2.33. The summed E-state index contributed by atoms with van der Waals surface area (Å²) >= 11 is 3.52. The maximum absolute atomic E-state index is 5.86. The zero-order chi connectivity index (χ0) is 12.3. The van der Waals surface area contributed by atoms with Gasteiger partial charge in [-0.1, -0.05) is 28.8 Å². The second-order valence-corrected chi connectivity index (χ2v) is 5.78. The highest BCUT2D eigenvalue weighted by atomic mass is 79.9. The van der Waals surface area contributed by atoms with Gasteiger partial charge in [-0.25, -0.2) is 0 Å². The number of nitrogens with two attached hydrogens (primary N) is 1. The van der Waals surface area contributed by atoms with Crippen molar-refractivity contribution < 1.29 is 0 Å². The molecule has 2 nitrogen and oxygen atoms in total. The molecule has 0 bridgehead atoms. The molecule has 0 aliphatic carbocycles. The van der Waals surface area contributed by atoms with Crippen LogP contribution in [0.5, 0.6) is 0 Å². The molecule has 1 aliphatic heterocycles. The van der Waals surface area contributed by atoms with Gasteiger partial charge >= 0.3 is 0 Å². The van der Waals surface area contributed by atoms with Gasteiger partial charge in [-0.2, -0.15) is 0 Å². The first-order valence-corrected chi connectivity index (χ1v) is 7.27. The number of anilines is 1. The van der Waals surface area contributed by atoms with Gasteiger partial charge in [0.25, 0.3) is 0 Å². The minimum Gasteiger partial charge on any atom is -0.369 e. The molecule has 0 saturated carbocycles. The SMILES string of the molecule is CC1CCCCCN1c1ccc(Br)cc1CN. The van der Waals surface area contributed by atoms with Crippen LogP contribution in [0.25, 0.3) is 0 Å². The van der Waals surface area contributed by atoms with Crippen LogP contribution >= 0.6 is 15.9 Å². The fourth-order valence-corrected chi connectivity index (χ4v) is 3.04. The standard InChI is InChI=1S/C14H21BrN2/c1-11-5-3-2-4-8-17(11)14-7-6-13(15)9-12(14)10-16/h6-7,9,11H,2-5,8,10,16H2,1H3. The van der Waals surface area contributed by atoms with Crippen molar-refractivity contribution in [2.45, 2.75) is 45.2 Å². The minimum absolute atomic E-state index is 0.609. The molecule has 1 aromatic rings. The van der Waals surface area contributed by atoms with Crippen LogP contribution < -0.4 is 10.6 Å². The van der Waals surface area contributed by atoms with Crippen LogP contribution in [0.1, 0.15) is 38.2 Å². The van der Waals surface area contributed by atoms with Crippen LogP contribution in [0, 0.1) is 0 Å². The average Bonchev–Trinajstić information content (AvgIpc) is 2.54. The Morgan fingerprint density at radius 3 is 2.94 bits per heavy atom. The Morgan fingerprint density at radius 2 is 2.18 bits per heavy atom. The maximum atomic E-state index is 5.86.